The minimum absolute atomic E-state index is 0.430. The van der Waals surface area contributed by atoms with Crippen LogP contribution in [0.1, 0.15) is 30.4 Å². The standard InChI is InChI=1S/C23H34O2Si2/c1-26(2,3)24-22(20-14-9-7-10-15-20)18-13-19-23(22,25-27(4,5)6)21-16-11-8-12-17-21/h7-12,14-17H,13,18-19H2,1-6H3. The lowest BCUT2D eigenvalue weighted by atomic mass is 9.76. The molecule has 2 aromatic carbocycles. The van der Waals surface area contributed by atoms with Crippen LogP contribution in [0.3, 0.4) is 0 Å². The second-order valence-electron chi connectivity index (χ2n) is 9.67. The molecule has 0 N–H and O–H groups in total. The first-order valence-corrected chi connectivity index (χ1v) is 16.9. The minimum atomic E-state index is -1.84. The number of benzene rings is 2. The largest absolute Gasteiger partial charge is 0.405 e. The third-order valence-corrected chi connectivity index (χ3v) is 7.07. The van der Waals surface area contributed by atoms with E-state index >= 15 is 0 Å². The smallest absolute Gasteiger partial charge is 0.185 e. The van der Waals surface area contributed by atoms with Gasteiger partial charge in [0.15, 0.2) is 16.6 Å². The molecule has 2 nitrogen and oxygen atoms in total. The Hall–Kier alpha value is -1.21. The maximum Gasteiger partial charge on any atom is 0.185 e. The van der Waals surface area contributed by atoms with Crippen molar-refractivity contribution in [3.63, 3.8) is 0 Å². The third-order valence-electron chi connectivity index (χ3n) is 5.15. The fraction of sp³-hybridized carbons (Fsp3) is 0.478. The molecule has 0 saturated heterocycles. The monoisotopic (exact) mass is 398 g/mol. The lowest BCUT2D eigenvalue weighted by Gasteiger charge is -2.51. The van der Waals surface area contributed by atoms with Crippen molar-refractivity contribution in [2.24, 2.45) is 0 Å². The first-order valence-electron chi connectivity index (χ1n) is 10.1. The van der Waals surface area contributed by atoms with E-state index in [0.717, 1.165) is 19.3 Å². The Kier molecular flexibility index (Phi) is 5.56. The zero-order valence-corrected chi connectivity index (χ0v) is 19.7. The van der Waals surface area contributed by atoms with E-state index in [9.17, 15) is 0 Å². The molecule has 0 amide bonds. The highest BCUT2D eigenvalue weighted by atomic mass is 28.4. The Morgan fingerprint density at radius 1 is 0.593 bits per heavy atom. The molecule has 2 unspecified atom stereocenters. The van der Waals surface area contributed by atoms with Gasteiger partial charge in [0.25, 0.3) is 0 Å². The van der Waals surface area contributed by atoms with E-state index in [1.54, 1.807) is 0 Å². The fourth-order valence-electron chi connectivity index (χ4n) is 4.59. The molecule has 146 valence electrons. The van der Waals surface area contributed by atoms with E-state index in [0.29, 0.717) is 0 Å². The first kappa shape index (κ1) is 20.5. The van der Waals surface area contributed by atoms with E-state index in [1.807, 2.05) is 0 Å². The lowest BCUT2D eigenvalue weighted by Crippen LogP contribution is -2.56. The summed E-state index contributed by atoms with van der Waals surface area (Å²) in [4.78, 5) is 0. The maximum atomic E-state index is 7.12. The quantitative estimate of drug-likeness (QED) is 0.506. The van der Waals surface area contributed by atoms with E-state index in [-0.39, 0.29) is 0 Å². The summed E-state index contributed by atoms with van der Waals surface area (Å²) < 4.78 is 14.2. The summed E-state index contributed by atoms with van der Waals surface area (Å²) in [6.45, 7) is 13.8. The van der Waals surface area contributed by atoms with Crippen molar-refractivity contribution >= 4 is 16.6 Å². The van der Waals surface area contributed by atoms with Crippen LogP contribution < -0.4 is 0 Å². The highest BCUT2D eigenvalue weighted by molar-refractivity contribution is 6.70. The number of rotatable bonds is 6. The molecule has 0 bridgehead atoms. The molecular formula is C23H34O2Si2. The molecule has 0 heterocycles. The van der Waals surface area contributed by atoms with Gasteiger partial charge >= 0.3 is 0 Å². The Balaban J connectivity index is 2.28. The van der Waals surface area contributed by atoms with Gasteiger partial charge in [-0.1, -0.05) is 60.7 Å². The molecule has 0 aromatic heterocycles. The normalized spacial score (nSPS) is 26.3. The van der Waals surface area contributed by atoms with Crippen molar-refractivity contribution in [3.05, 3.63) is 71.8 Å². The molecule has 0 spiro atoms. The van der Waals surface area contributed by atoms with Crippen molar-refractivity contribution in [3.8, 4) is 0 Å². The molecule has 0 aliphatic heterocycles. The van der Waals surface area contributed by atoms with Gasteiger partial charge in [0.2, 0.25) is 0 Å². The van der Waals surface area contributed by atoms with Crippen LogP contribution in [-0.4, -0.2) is 16.6 Å². The van der Waals surface area contributed by atoms with Crippen molar-refractivity contribution in [1.82, 2.24) is 0 Å². The van der Waals surface area contributed by atoms with Gasteiger partial charge in [-0.15, -0.1) is 0 Å². The molecule has 2 aromatic rings. The van der Waals surface area contributed by atoms with E-state index in [4.69, 9.17) is 8.85 Å². The van der Waals surface area contributed by atoms with Crippen LogP contribution in [0.2, 0.25) is 39.3 Å². The predicted molar refractivity (Wildman–Crippen MR) is 119 cm³/mol. The maximum absolute atomic E-state index is 7.12. The molecule has 0 radical (unpaired) electrons. The Bertz CT molecular complexity index is 684. The van der Waals surface area contributed by atoms with Gasteiger partial charge in [-0.3, -0.25) is 0 Å². The van der Waals surface area contributed by atoms with Crippen LogP contribution in [0.5, 0.6) is 0 Å². The van der Waals surface area contributed by atoms with E-state index in [1.165, 1.54) is 11.1 Å². The second-order valence-corrected chi connectivity index (χ2v) is 18.5. The molecule has 27 heavy (non-hydrogen) atoms. The molecule has 2 atom stereocenters. The average Bonchev–Trinajstić information content (AvgIpc) is 2.93. The molecule has 3 rings (SSSR count). The summed E-state index contributed by atoms with van der Waals surface area (Å²) in [6, 6.07) is 21.6. The topological polar surface area (TPSA) is 18.5 Å². The Morgan fingerprint density at radius 2 is 0.926 bits per heavy atom. The lowest BCUT2D eigenvalue weighted by molar-refractivity contribution is -0.118. The molecule has 1 fully saturated rings. The SMILES string of the molecule is C[Si](C)(C)OC1(c2ccccc2)CCCC1(O[Si](C)(C)C)c1ccccc1. The molecule has 4 heteroatoms. The number of hydrogen-bond donors (Lipinski definition) is 0. The summed E-state index contributed by atoms with van der Waals surface area (Å²) in [6.07, 6.45) is 3.11. The number of hydrogen-bond acceptors (Lipinski definition) is 2. The van der Waals surface area contributed by atoms with Crippen LogP contribution in [0.4, 0.5) is 0 Å². The summed E-state index contributed by atoms with van der Waals surface area (Å²) in [5.41, 5.74) is 1.65. The summed E-state index contributed by atoms with van der Waals surface area (Å²) >= 11 is 0. The van der Waals surface area contributed by atoms with Gasteiger partial charge in [-0.2, -0.15) is 0 Å². The van der Waals surface area contributed by atoms with Gasteiger partial charge in [0, 0.05) is 0 Å². The van der Waals surface area contributed by atoms with Crippen LogP contribution >= 0.6 is 0 Å². The summed E-state index contributed by atoms with van der Waals surface area (Å²) in [5.74, 6) is 0. The van der Waals surface area contributed by atoms with Crippen molar-refractivity contribution < 1.29 is 8.85 Å². The Labute approximate surface area is 167 Å². The summed E-state index contributed by atoms with van der Waals surface area (Å²) in [7, 11) is -3.68. The summed E-state index contributed by atoms with van der Waals surface area (Å²) in [5, 5.41) is 0. The minimum Gasteiger partial charge on any atom is -0.405 e. The molecular weight excluding hydrogens is 364 g/mol. The first-order chi connectivity index (χ1) is 12.6. The zero-order chi connectivity index (χ0) is 19.8. The fourth-order valence-corrected chi connectivity index (χ4v) is 7.45. The van der Waals surface area contributed by atoms with Crippen LogP contribution in [0.25, 0.3) is 0 Å². The van der Waals surface area contributed by atoms with E-state index < -0.39 is 27.8 Å². The second kappa shape index (κ2) is 7.32. The van der Waals surface area contributed by atoms with Crippen molar-refractivity contribution in [2.45, 2.75) is 69.7 Å². The zero-order valence-electron chi connectivity index (χ0n) is 17.7. The van der Waals surface area contributed by atoms with Gasteiger partial charge in [-0.25, -0.2) is 0 Å². The molecule has 1 aliphatic carbocycles. The van der Waals surface area contributed by atoms with Crippen LogP contribution in [0.15, 0.2) is 60.7 Å². The highest BCUT2D eigenvalue weighted by Gasteiger charge is 2.61. The van der Waals surface area contributed by atoms with E-state index in [2.05, 4.69) is 99.9 Å². The van der Waals surface area contributed by atoms with Gasteiger partial charge in [0.1, 0.15) is 11.2 Å². The van der Waals surface area contributed by atoms with Crippen LogP contribution in [-0.2, 0) is 20.1 Å². The molecule has 1 saturated carbocycles. The average molecular weight is 399 g/mol. The van der Waals surface area contributed by atoms with Gasteiger partial charge in [0.05, 0.1) is 0 Å². The third kappa shape index (κ3) is 4.14. The van der Waals surface area contributed by atoms with Gasteiger partial charge in [-0.05, 0) is 69.7 Å². The van der Waals surface area contributed by atoms with Crippen molar-refractivity contribution in [2.75, 3.05) is 0 Å². The predicted octanol–water partition coefficient (Wildman–Crippen LogP) is 6.66. The molecule has 1 aliphatic rings. The Morgan fingerprint density at radius 3 is 1.22 bits per heavy atom. The van der Waals surface area contributed by atoms with Crippen LogP contribution in [0, 0.1) is 0 Å². The van der Waals surface area contributed by atoms with Crippen molar-refractivity contribution in [1.29, 1.82) is 0 Å². The van der Waals surface area contributed by atoms with Gasteiger partial charge < -0.3 is 8.85 Å². The highest BCUT2D eigenvalue weighted by Crippen LogP contribution is 2.59.